The van der Waals surface area contributed by atoms with E-state index in [-0.39, 0.29) is 17.1 Å². The molecule has 41 valence electrons. The van der Waals surface area contributed by atoms with Crippen molar-refractivity contribution in [3.63, 3.8) is 0 Å². The van der Waals surface area contributed by atoms with Crippen LogP contribution in [0.15, 0.2) is 18.3 Å². The minimum atomic E-state index is 0. The minimum absolute atomic E-state index is 0. The zero-order chi connectivity index (χ0) is 5.11. The van der Waals surface area contributed by atoms with Gasteiger partial charge >= 0.3 is 17.1 Å². The van der Waals surface area contributed by atoms with Gasteiger partial charge in [0.2, 0.25) is 0 Å². The van der Waals surface area contributed by atoms with Crippen LogP contribution in [0.4, 0.5) is 0 Å². The number of aromatic nitrogens is 1. The quantitative estimate of drug-likeness (QED) is 0.424. The van der Waals surface area contributed by atoms with Crippen molar-refractivity contribution < 1.29 is 17.1 Å². The first kappa shape index (κ1) is 7.47. The molecule has 0 saturated carbocycles. The number of nitrogens with zero attached hydrogens (tertiary/aromatic N) is 2. The van der Waals surface area contributed by atoms with E-state index in [1.54, 1.807) is 18.3 Å². The number of rotatable bonds is 1. The Morgan fingerprint density at radius 2 is 2.38 bits per heavy atom. The largest absolute Gasteiger partial charge is 2.00 e. The van der Waals surface area contributed by atoms with Crippen LogP contribution in [0.25, 0.3) is 5.41 Å². The molecule has 0 aliphatic rings. The summed E-state index contributed by atoms with van der Waals surface area (Å²) in [7, 11) is 0. The summed E-state index contributed by atoms with van der Waals surface area (Å²) in [5.74, 6) is 0. The fourth-order valence-corrected chi connectivity index (χ4v) is 0.390. The molecule has 1 aromatic heterocycles. The normalized spacial score (nSPS) is 7.50. The first-order valence-electron chi connectivity index (χ1n) is 1.98. The molecule has 1 heterocycles. The van der Waals surface area contributed by atoms with Gasteiger partial charge in [0.1, 0.15) is 0 Å². The van der Waals surface area contributed by atoms with E-state index in [1.165, 1.54) is 0 Å². The van der Waals surface area contributed by atoms with Crippen molar-refractivity contribution >= 4 is 6.21 Å². The van der Waals surface area contributed by atoms with E-state index < -0.39 is 0 Å². The number of hydrogen-bond donors (Lipinski definition) is 0. The van der Waals surface area contributed by atoms with Crippen LogP contribution in [0.5, 0.6) is 0 Å². The molecule has 0 amide bonds. The molecule has 0 bridgehead atoms. The van der Waals surface area contributed by atoms with E-state index in [0.717, 1.165) is 6.21 Å². The summed E-state index contributed by atoms with van der Waals surface area (Å²) < 4.78 is 0. The Morgan fingerprint density at radius 1 is 1.62 bits per heavy atom. The summed E-state index contributed by atoms with van der Waals surface area (Å²) in [5, 5.41) is 8.24. The van der Waals surface area contributed by atoms with E-state index in [2.05, 4.69) is 4.98 Å². The van der Waals surface area contributed by atoms with Crippen molar-refractivity contribution in [1.29, 1.82) is 0 Å². The molecule has 0 fully saturated rings. The molecular formula is C5H4MnN2. The Balaban J connectivity index is 0.000000490. The third kappa shape index (κ3) is 1.52. The first-order valence-corrected chi connectivity index (χ1v) is 1.98. The topological polar surface area (TPSA) is 36.4 Å². The van der Waals surface area contributed by atoms with Crippen LogP contribution in [0.1, 0.15) is 5.69 Å². The summed E-state index contributed by atoms with van der Waals surface area (Å²) in [5.41, 5.74) is 0.611. The summed E-state index contributed by atoms with van der Waals surface area (Å²) in [6, 6.07) is 3.49. The second-order valence-electron chi connectivity index (χ2n) is 1.19. The maximum Gasteiger partial charge on any atom is 2.00 e. The van der Waals surface area contributed by atoms with Crippen LogP contribution in [0.2, 0.25) is 0 Å². The van der Waals surface area contributed by atoms with Crippen LogP contribution in [0, 0.1) is 0 Å². The molecule has 0 aliphatic heterocycles. The fraction of sp³-hybridized carbons (Fsp3) is 0. The predicted molar refractivity (Wildman–Crippen MR) is 28.3 cm³/mol. The van der Waals surface area contributed by atoms with E-state index in [1.807, 2.05) is 0 Å². The fourth-order valence-electron chi connectivity index (χ4n) is 0.390. The molecule has 1 rings (SSSR count). The van der Waals surface area contributed by atoms with Gasteiger partial charge in [0.15, 0.2) is 0 Å². The van der Waals surface area contributed by atoms with Crippen molar-refractivity contribution in [2.45, 2.75) is 0 Å². The average molecular weight is 147 g/mol. The second kappa shape index (κ2) is 3.47. The molecule has 0 spiro atoms. The van der Waals surface area contributed by atoms with Crippen molar-refractivity contribution in [1.82, 2.24) is 4.98 Å². The molecule has 3 heteroatoms. The molecule has 0 atom stereocenters. The molecule has 0 aliphatic carbocycles. The SMILES string of the molecule is [Mn+2].[N-]=Cc1ccc[n-]1. The van der Waals surface area contributed by atoms with Crippen molar-refractivity contribution in [3.8, 4) is 0 Å². The number of hydrogen-bond acceptors (Lipinski definition) is 0. The van der Waals surface area contributed by atoms with Gasteiger partial charge in [-0.15, -0.1) is 0 Å². The summed E-state index contributed by atoms with van der Waals surface area (Å²) in [6.07, 6.45) is 2.60. The molecule has 0 saturated heterocycles. The maximum atomic E-state index is 8.24. The van der Waals surface area contributed by atoms with Crippen LogP contribution < -0.4 is 4.98 Å². The van der Waals surface area contributed by atoms with Gasteiger partial charge in [-0.05, 0) is 0 Å². The second-order valence-corrected chi connectivity index (χ2v) is 1.19. The zero-order valence-electron chi connectivity index (χ0n) is 4.08. The van der Waals surface area contributed by atoms with Crippen LogP contribution in [0.3, 0.4) is 0 Å². The smallest absolute Gasteiger partial charge is 0.812 e. The van der Waals surface area contributed by atoms with Crippen LogP contribution >= 0.6 is 0 Å². The summed E-state index contributed by atoms with van der Waals surface area (Å²) in [4.78, 5) is 3.73. The average Bonchev–Trinajstić information content (AvgIpc) is 2.14. The van der Waals surface area contributed by atoms with Crippen molar-refractivity contribution in [2.75, 3.05) is 0 Å². The third-order valence-corrected chi connectivity index (χ3v) is 0.709. The Morgan fingerprint density at radius 3 is 2.62 bits per heavy atom. The van der Waals surface area contributed by atoms with E-state index in [4.69, 9.17) is 5.41 Å². The standard InChI is InChI=1S/C5H4N2.Mn/c6-4-5-2-1-3-7-5;/h1-4H;/q-2;+2. The monoisotopic (exact) mass is 147 g/mol. The summed E-state index contributed by atoms with van der Waals surface area (Å²) in [6.45, 7) is 0. The van der Waals surface area contributed by atoms with Gasteiger partial charge in [0, 0.05) is 0 Å². The first-order chi connectivity index (χ1) is 3.43. The molecule has 8 heavy (non-hydrogen) atoms. The third-order valence-electron chi connectivity index (χ3n) is 0.709. The van der Waals surface area contributed by atoms with Gasteiger partial charge in [0.25, 0.3) is 0 Å². The van der Waals surface area contributed by atoms with E-state index in [9.17, 15) is 0 Å². The summed E-state index contributed by atoms with van der Waals surface area (Å²) >= 11 is 0. The predicted octanol–water partition coefficient (Wildman–Crippen LogP) is 0.630. The van der Waals surface area contributed by atoms with Gasteiger partial charge in [0.05, 0.1) is 0 Å². The van der Waals surface area contributed by atoms with Gasteiger partial charge in [-0.1, -0.05) is 12.1 Å². The molecule has 0 aromatic carbocycles. The van der Waals surface area contributed by atoms with E-state index >= 15 is 0 Å². The van der Waals surface area contributed by atoms with Gasteiger partial charge in [-0.25, -0.2) is 6.21 Å². The van der Waals surface area contributed by atoms with Gasteiger partial charge in [-0.2, -0.15) is 11.9 Å². The van der Waals surface area contributed by atoms with E-state index in [0.29, 0.717) is 5.69 Å². The van der Waals surface area contributed by atoms with Crippen molar-refractivity contribution in [2.24, 2.45) is 0 Å². The Bertz CT molecular complexity index is 145. The molecule has 0 N–H and O–H groups in total. The minimum Gasteiger partial charge on any atom is -0.812 e. The Labute approximate surface area is 58.3 Å². The van der Waals surface area contributed by atoms with Crippen LogP contribution in [-0.2, 0) is 17.1 Å². The van der Waals surface area contributed by atoms with Gasteiger partial charge in [-0.3, -0.25) is 0 Å². The molecule has 1 radical (unpaired) electrons. The van der Waals surface area contributed by atoms with Crippen molar-refractivity contribution in [3.05, 3.63) is 29.4 Å². The zero-order valence-corrected chi connectivity index (χ0v) is 5.26. The van der Waals surface area contributed by atoms with Crippen LogP contribution in [-0.4, -0.2) is 6.21 Å². The molecule has 2 nitrogen and oxygen atoms in total. The molecule has 0 unspecified atom stereocenters. The molecule has 1 aromatic rings. The Kier molecular flexibility index (Phi) is 3.24. The van der Waals surface area contributed by atoms with Gasteiger partial charge < -0.3 is 10.4 Å². The maximum absolute atomic E-state index is 8.24. The molecular weight excluding hydrogens is 143 g/mol. The Hall–Kier alpha value is -0.531.